The molecule has 34 heavy (non-hydrogen) atoms. The fourth-order valence-corrected chi connectivity index (χ4v) is 4.50. The normalized spacial score (nSPS) is 13.9. The molecule has 0 fully saturated rings. The third-order valence-corrected chi connectivity index (χ3v) is 6.00. The Morgan fingerprint density at radius 3 is 2.62 bits per heavy atom. The number of nitrogens with one attached hydrogen (secondary N) is 2. The molecule has 164 valence electrons. The van der Waals surface area contributed by atoms with Gasteiger partial charge in [0.15, 0.2) is 0 Å². The molecule has 0 aliphatic heterocycles. The molecule has 0 unspecified atom stereocenters. The van der Waals surface area contributed by atoms with E-state index in [2.05, 4.69) is 20.3 Å². The first kappa shape index (κ1) is 19.8. The number of imidazole rings is 1. The summed E-state index contributed by atoms with van der Waals surface area (Å²) in [6.07, 6.45) is 4.77. The molecule has 6 rings (SSSR count). The number of aromatic carboxylic acids is 1. The van der Waals surface area contributed by atoms with Crippen LogP contribution in [0.25, 0.3) is 33.5 Å². The number of aromatic amines is 1. The summed E-state index contributed by atoms with van der Waals surface area (Å²) in [6, 6.07) is 18.1. The van der Waals surface area contributed by atoms with Crippen molar-refractivity contribution < 1.29 is 14.7 Å². The van der Waals surface area contributed by atoms with Crippen LogP contribution in [0.4, 0.5) is 0 Å². The predicted octanol–water partition coefficient (Wildman–Crippen LogP) is 4.22. The van der Waals surface area contributed by atoms with Crippen LogP contribution in [-0.2, 0) is 0 Å². The van der Waals surface area contributed by atoms with Gasteiger partial charge >= 0.3 is 5.97 Å². The van der Waals surface area contributed by atoms with Crippen molar-refractivity contribution in [3.05, 3.63) is 102 Å². The lowest BCUT2D eigenvalue weighted by Crippen LogP contribution is -2.28. The second-order valence-electron chi connectivity index (χ2n) is 7.98. The average molecular weight is 447 g/mol. The highest BCUT2D eigenvalue weighted by molar-refractivity contribution is 5.99. The molecule has 1 atom stereocenters. The first-order chi connectivity index (χ1) is 16.6. The number of carboxylic acid groups (broad SMARTS) is 1. The number of fused-ring (bicyclic) bond motifs is 4. The van der Waals surface area contributed by atoms with E-state index in [0.29, 0.717) is 0 Å². The zero-order valence-electron chi connectivity index (χ0n) is 17.7. The molecule has 3 heterocycles. The molecule has 3 N–H and O–H groups in total. The number of nitrogens with zero attached hydrogens (tertiary/aromatic N) is 3. The highest BCUT2D eigenvalue weighted by atomic mass is 16.4. The van der Waals surface area contributed by atoms with Crippen LogP contribution in [0, 0.1) is 0 Å². The van der Waals surface area contributed by atoms with Crippen LogP contribution in [0.1, 0.15) is 38.0 Å². The number of benzene rings is 2. The van der Waals surface area contributed by atoms with E-state index in [9.17, 15) is 14.7 Å². The van der Waals surface area contributed by atoms with Gasteiger partial charge in [-0.15, -0.1) is 0 Å². The monoisotopic (exact) mass is 447 g/mol. The van der Waals surface area contributed by atoms with Gasteiger partial charge in [-0.25, -0.2) is 14.8 Å². The van der Waals surface area contributed by atoms with E-state index >= 15 is 0 Å². The van der Waals surface area contributed by atoms with Crippen LogP contribution in [0.15, 0.2) is 79.3 Å². The van der Waals surface area contributed by atoms with E-state index in [-0.39, 0.29) is 17.2 Å². The molecule has 1 aliphatic carbocycles. The molecular weight excluding hydrogens is 430 g/mol. The van der Waals surface area contributed by atoms with Gasteiger partial charge in [-0.05, 0) is 40.5 Å². The lowest BCUT2D eigenvalue weighted by molar-refractivity contribution is 0.0690. The second-order valence-corrected chi connectivity index (χ2v) is 7.98. The molecule has 0 radical (unpaired) electrons. The molecule has 1 amide bonds. The molecule has 0 saturated carbocycles. The smallest absolute Gasteiger partial charge is 0.354 e. The van der Waals surface area contributed by atoms with Crippen molar-refractivity contribution >= 4 is 22.9 Å². The van der Waals surface area contributed by atoms with Crippen LogP contribution in [0.5, 0.6) is 0 Å². The van der Waals surface area contributed by atoms with Gasteiger partial charge in [0.25, 0.3) is 5.91 Å². The fourth-order valence-electron chi connectivity index (χ4n) is 4.50. The molecule has 0 bridgehead atoms. The Balaban J connectivity index is 1.45. The van der Waals surface area contributed by atoms with Gasteiger partial charge in [0.2, 0.25) is 0 Å². The summed E-state index contributed by atoms with van der Waals surface area (Å²) in [6.45, 7) is 0. The molecular formula is C26H17N5O3. The van der Waals surface area contributed by atoms with Crippen molar-refractivity contribution in [2.45, 2.75) is 6.04 Å². The summed E-state index contributed by atoms with van der Waals surface area (Å²) in [5.41, 5.74) is 6.57. The van der Waals surface area contributed by atoms with Gasteiger partial charge in [-0.1, -0.05) is 42.5 Å². The number of hydrogen-bond donors (Lipinski definition) is 3. The summed E-state index contributed by atoms with van der Waals surface area (Å²) < 4.78 is 0. The van der Waals surface area contributed by atoms with Gasteiger partial charge in [0.05, 0.1) is 23.3 Å². The van der Waals surface area contributed by atoms with Crippen molar-refractivity contribution in [3.8, 4) is 22.5 Å². The average Bonchev–Trinajstić information content (AvgIpc) is 3.44. The van der Waals surface area contributed by atoms with E-state index in [0.717, 1.165) is 44.7 Å². The van der Waals surface area contributed by atoms with E-state index in [1.54, 1.807) is 12.4 Å². The van der Waals surface area contributed by atoms with Crippen LogP contribution in [0.3, 0.4) is 0 Å². The van der Waals surface area contributed by atoms with Gasteiger partial charge in [-0.3, -0.25) is 9.78 Å². The predicted molar refractivity (Wildman–Crippen MR) is 125 cm³/mol. The quantitative estimate of drug-likeness (QED) is 0.379. The molecule has 5 aromatic rings. The number of aromatic nitrogens is 4. The van der Waals surface area contributed by atoms with Crippen LogP contribution in [-0.4, -0.2) is 36.9 Å². The minimum Gasteiger partial charge on any atom is -0.477 e. The molecule has 3 aromatic heterocycles. The molecule has 0 spiro atoms. The summed E-state index contributed by atoms with van der Waals surface area (Å²) in [5.74, 6) is -0.837. The van der Waals surface area contributed by atoms with E-state index in [4.69, 9.17) is 4.98 Å². The van der Waals surface area contributed by atoms with Gasteiger partial charge in [-0.2, -0.15) is 0 Å². The number of pyridine rings is 2. The first-order valence-electron chi connectivity index (χ1n) is 10.6. The number of H-pyrrole nitrogens is 1. The Hall–Kier alpha value is -4.85. The summed E-state index contributed by atoms with van der Waals surface area (Å²) >= 11 is 0. The number of carboxylic acids is 1. The van der Waals surface area contributed by atoms with Crippen LogP contribution < -0.4 is 5.32 Å². The van der Waals surface area contributed by atoms with E-state index in [1.165, 1.54) is 18.3 Å². The Bertz CT molecular complexity index is 1570. The highest BCUT2D eigenvalue weighted by Gasteiger charge is 2.32. The topological polar surface area (TPSA) is 121 Å². The minimum atomic E-state index is -1.18. The van der Waals surface area contributed by atoms with Crippen molar-refractivity contribution in [1.29, 1.82) is 0 Å². The van der Waals surface area contributed by atoms with Gasteiger partial charge in [0, 0.05) is 23.5 Å². The molecule has 8 heteroatoms. The molecule has 1 aliphatic rings. The maximum Gasteiger partial charge on any atom is 0.354 e. The number of carbonyl (C=O) groups is 2. The van der Waals surface area contributed by atoms with Crippen molar-refractivity contribution in [1.82, 2.24) is 25.3 Å². The maximum absolute atomic E-state index is 13.1. The van der Waals surface area contributed by atoms with Crippen LogP contribution in [0.2, 0.25) is 0 Å². The SMILES string of the molecule is O=C(N[C@@H]1c2ccccc2-c2c(-c3nc4ccncc4[nH]3)cccc21)c1ccnc(C(=O)O)c1. The zero-order valence-corrected chi connectivity index (χ0v) is 17.7. The Morgan fingerprint density at radius 1 is 0.941 bits per heavy atom. The van der Waals surface area contributed by atoms with Gasteiger partial charge in [0.1, 0.15) is 11.5 Å². The maximum atomic E-state index is 13.1. The molecule has 2 aromatic carbocycles. The Labute approximate surface area is 193 Å². The van der Waals surface area contributed by atoms with E-state index < -0.39 is 12.0 Å². The number of rotatable bonds is 4. The van der Waals surface area contributed by atoms with Crippen molar-refractivity contribution in [2.24, 2.45) is 0 Å². The number of amides is 1. The standard InChI is InChI=1S/C26H17N5O3/c32-25(14-8-11-28-20(12-14)26(33)34)31-23-16-5-2-1-4-15(16)22-17(23)6-3-7-18(22)24-29-19-9-10-27-13-21(19)30-24/h1-13,23H,(H,29,30)(H,31,32)(H,33,34)/t23-/m1/s1. The first-order valence-corrected chi connectivity index (χ1v) is 10.6. The third-order valence-electron chi connectivity index (χ3n) is 6.00. The number of carbonyl (C=O) groups excluding carboxylic acids is 1. The fraction of sp³-hybridized carbons (Fsp3) is 0.0385. The Kier molecular flexibility index (Phi) is 4.44. The van der Waals surface area contributed by atoms with E-state index in [1.807, 2.05) is 48.5 Å². The number of hydrogen-bond acceptors (Lipinski definition) is 5. The lowest BCUT2D eigenvalue weighted by Gasteiger charge is -2.16. The summed E-state index contributed by atoms with van der Waals surface area (Å²) in [5, 5.41) is 12.3. The molecule has 0 saturated heterocycles. The molecule has 8 nitrogen and oxygen atoms in total. The Morgan fingerprint density at radius 2 is 1.76 bits per heavy atom. The van der Waals surface area contributed by atoms with Gasteiger partial charge < -0.3 is 15.4 Å². The lowest BCUT2D eigenvalue weighted by atomic mass is 9.98. The summed E-state index contributed by atoms with van der Waals surface area (Å²) in [4.78, 5) is 40.4. The highest BCUT2D eigenvalue weighted by Crippen LogP contribution is 2.47. The van der Waals surface area contributed by atoms with Crippen LogP contribution >= 0.6 is 0 Å². The van der Waals surface area contributed by atoms with Crippen molar-refractivity contribution in [2.75, 3.05) is 0 Å². The third kappa shape index (κ3) is 3.12. The zero-order chi connectivity index (χ0) is 23.2. The second kappa shape index (κ2) is 7.63. The van der Waals surface area contributed by atoms with Crippen molar-refractivity contribution in [3.63, 3.8) is 0 Å². The minimum absolute atomic E-state index is 0.179. The largest absolute Gasteiger partial charge is 0.477 e. The summed E-state index contributed by atoms with van der Waals surface area (Å²) in [7, 11) is 0.